The Balaban J connectivity index is 1.62. The molecule has 0 spiro atoms. The van der Waals surface area contributed by atoms with Gasteiger partial charge in [0.25, 0.3) is 0 Å². The summed E-state index contributed by atoms with van der Waals surface area (Å²) in [5.41, 5.74) is 3.98. The van der Waals surface area contributed by atoms with Crippen LogP contribution in [0.1, 0.15) is 36.8 Å². The van der Waals surface area contributed by atoms with Crippen LogP contribution in [0.4, 0.5) is 14.6 Å². The Morgan fingerprint density at radius 3 is 2.41 bits per heavy atom. The van der Waals surface area contributed by atoms with E-state index in [0.29, 0.717) is 40.6 Å². The molecule has 0 aliphatic heterocycles. The van der Waals surface area contributed by atoms with E-state index >= 15 is 4.39 Å². The van der Waals surface area contributed by atoms with Crippen molar-refractivity contribution in [2.45, 2.75) is 26.3 Å². The number of ether oxygens (including phenoxy) is 1. The summed E-state index contributed by atoms with van der Waals surface area (Å²) in [5.74, 6) is 0.819. The molecule has 3 aromatic heterocycles. The van der Waals surface area contributed by atoms with Gasteiger partial charge in [0.05, 0.1) is 24.2 Å². The summed E-state index contributed by atoms with van der Waals surface area (Å²) in [4.78, 5) is 26.6. The minimum absolute atomic E-state index is 0.116. The smallest absolute Gasteiger partial charge is 0.224 e. The number of carbonyl (C=O) groups excluding carboxylic acids is 1. The Bertz CT molecular complexity index is 1630. The van der Waals surface area contributed by atoms with Gasteiger partial charge in [0, 0.05) is 56.0 Å². The lowest BCUT2D eigenvalue weighted by Gasteiger charge is -2.19. The lowest BCUT2D eigenvalue weighted by molar-refractivity contribution is -0.116. The zero-order valence-electron chi connectivity index (χ0n) is 22.0. The van der Waals surface area contributed by atoms with Gasteiger partial charge in [-0.15, -0.1) is 0 Å². The monoisotopic (exact) mass is 527 g/mol. The van der Waals surface area contributed by atoms with Crippen molar-refractivity contribution >= 4 is 22.8 Å². The second-order valence-electron chi connectivity index (χ2n) is 9.32. The van der Waals surface area contributed by atoms with Crippen LogP contribution in [0.2, 0.25) is 0 Å². The molecular formula is C30H27F2N5O2. The van der Waals surface area contributed by atoms with E-state index in [2.05, 4.69) is 9.97 Å². The van der Waals surface area contributed by atoms with Gasteiger partial charge in [-0.1, -0.05) is 18.2 Å². The average molecular weight is 528 g/mol. The van der Waals surface area contributed by atoms with Gasteiger partial charge in [0.2, 0.25) is 11.8 Å². The number of benzene rings is 2. The number of halogens is 2. The van der Waals surface area contributed by atoms with Crippen molar-refractivity contribution in [2.24, 2.45) is 0 Å². The number of methoxy groups -OCH3 is 1. The fourth-order valence-electron chi connectivity index (χ4n) is 4.56. The molecule has 0 N–H and O–H groups in total. The minimum Gasteiger partial charge on any atom is -0.481 e. The van der Waals surface area contributed by atoms with Crippen LogP contribution < -0.4 is 9.64 Å². The standard InChI is InChI=1S/C30H27F2N5O2/c1-18(21-6-9-23(31)10-7-21)37-27-14-24(22-8-12-30(39-4)34-17-22)25(32)15-26(27)35-29(37)13-20-5-11-28(33-16-20)36(3)19(2)38/h5-12,14-18H,13H2,1-4H3/t18-/m0/s1. The number of hydrogen-bond acceptors (Lipinski definition) is 5. The first kappa shape index (κ1) is 26.0. The van der Waals surface area contributed by atoms with E-state index in [1.807, 2.05) is 17.6 Å². The molecular weight excluding hydrogens is 500 g/mol. The molecule has 2 aromatic carbocycles. The third-order valence-corrected chi connectivity index (χ3v) is 6.83. The molecule has 0 bridgehead atoms. The Kier molecular flexibility index (Phi) is 7.06. The highest BCUT2D eigenvalue weighted by atomic mass is 19.1. The first-order chi connectivity index (χ1) is 18.7. The first-order valence-electron chi connectivity index (χ1n) is 12.4. The minimum atomic E-state index is -0.418. The summed E-state index contributed by atoms with van der Waals surface area (Å²) in [7, 11) is 3.19. The Morgan fingerprint density at radius 2 is 1.79 bits per heavy atom. The van der Waals surface area contributed by atoms with E-state index in [0.717, 1.165) is 16.6 Å². The van der Waals surface area contributed by atoms with Crippen molar-refractivity contribution in [1.29, 1.82) is 0 Å². The van der Waals surface area contributed by atoms with Crippen LogP contribution in [0.15, 0.2) is 73.1 Å². The highest BCUT2D eigenvalue weighted by molar-refractivity contribution is 5.89. The van der Waals surface area contributed by atoms with Gasteiger partial charge in [-0.25, -0.2) is 23.7 Å². The summed E-state index contributed by atoms with van der Waals surface area (Å²) >= 11 is 0. The number of anilines is 1. The molecule has 0 radical (unpaired) electrons. The average Bonchev–Trinajstić information content (AvgIpc) is 3.28. The number of imidazole rings is 1. The van der Waals surface area contributed by atoms with E-state index in [-0.39, 0.29) is 17.8 Å². The summed E-state index contributed by atoms with van der Waals surface area (Å²) in [6.07, 6.45) is 3.69. The number of fused-ring (bicyclic) bond motifs is 1. The molecule has 0 aliphatic carbocycles. The number of nitrogens with zero attached hydrogens (tertiary/aromatic N) is 5. The van der Waals surface area contributed by atoms with Gasteiger partial charge >= 0.3 is 0 Å². The highest BCUT2D eigenvalue weighted by Crippen LogP contribution is 2.33. The maximum atomic E-state index is 15.3. The molecule has 9 heteroatoms. The van der Waals surface area contributed by atoms with Crippen LogP contribution in [-0.2, 0) is 11.2 Å². The van der Waals surface area contributed by atoms with Gasteiger partial charge in [0.1, 0.15) is 23.3 Å². The van der Waals surface area contributed by atoms with Gasteiger partial charge in [-0.3, -0.25) is 4.79 Å². The SMILES string of the molecule is COc1ccc(-c2cc3c(cc2F)nc(Cc2ccc(N(C)C(C)=O)nc2)n3[C@@H](C)c2ccc(F)cc2)cn1. The summed E-state index contributed by atoms with van der Waals surface area (Å²) in [5, 5.41) is 0. The van der Waals surface area contributed by atoms with Crippen LogP contribution in [0.5, 0.6) is 5.88 Å². The molecule has 5 aromatic rings. The number of rotatable bonds is 7. The van der Waals surface area contributed by atoms with E-state index in [1.54, 1.807) is 55.8 Å². The predicted octanol–water partition coefficient (Wildman–Crippen LogP) is 5.96. The van der Waals surface area contributed by atoms with Gasteiger partial charge in [-0.2, -0.15) is 0 Å². The molecule has 0 aliphatic rings. The first-order valence-corrected chi connectivity index (χ1v) is 12.4. The van der Waals surface area contributed by atoms with E-state index < -0.39 is 5.82 Å². The van der Waals surface area contributed by atoms with Crippen molar-refractivity contribution in [3.8, 4) is 17.0 Å². The third kappa shape index (κ3) is 5.20. The van der Waals surface area contributed by atoms with Crippen LogP contribution in [-0.4, -0.2) is 39.6 Å². The molecule has 1 amide bonds. The molecule has 7 nitrogen and oxygen atoms in total. The summed E-state index contributed by atoms with van der Waals surface area (Å²) < 4.78 is 36.2. The number of amides is 1. The fraction of sp³-hybridized carbons (Fsp3) is 0.200. The lowest BCUT2D eigenvalue weighted by atomic mass is 10.0. The predicted molar refractivity (Wildman–Crippen MR) is 146 cm³/mol. The van der Waals surface area contributed by atoms with Crippen molar-refractivity contribution in [3.63, 3.8) is 0 Å². The largest absolute Gasteiger partial charge is 0.481 e. The molecule has 3 heterocycles. The molecule has 1 atom stereocenters. The quantitative estimate of drug-likeness (QED) is 0.261. The Hall–Kier alpha value is -4.66. The van der Waals surface area contributed by atoms with Crippen molar-refractivity contribution in [2.75, 3.05) is 19.1 Å². The topological polar surface area (TPSA) is 73.1 Å². The van der Waals surface area contributed by atoms with Crippen LogP contribution in [0.25, 0.3) is 22.2 Å². The fourth-order valence-corrected chi connectivity index (χ4v) is 4.56. The van der Waals surface area contributed by atoms with Crippen molar-refractivity contribution in [3.05, 3.63) is 102 Å². The van der Waals surface area contributed by atoms with Gasteiger partial charge in [-0.05, 0) is 48.4 Å². The van der Waals surface area contributed by atoms with Crippen LogP contribution in [0.3, 0.4) is 0 Å². The normalized spacial score (nSPS) is 11.9. The summed E-state index contributed by atoms with van der Waals surface area (Å²) in [6.45, 7) is 3.48. The second kappa shape index (κ2) is 10.6. The van der Waals surface area contributed by atoms with Gasteiger partial charge in [0.15, 0.2) is 0 Å². The van der Waals surface area contributed by atoms with Crippen LogP contribution in [0, 0.1) is 11.6 Å². The lowest BCUT2D eigenvalue weighted by Crippen LogP contribution is -2.23. The molecule has 0 unspecified atom stereocenters. The molecule has 198 valence electrons. The van der Waals surface area contributed by atoms with Crippen LogP contribution >= 0.6 is 0 Å². The second-order valence-corrected chi connectivity index (χ2v) is 9.32. The van der Waals surface area contributed by atoms with Gasteiger partial charge < -0.3 is 14.2 Å². The van der Waals surface area contributed by atoms with Crippen molar-refractivity contribution in [1.82, 2.24) is 19.5 Å². The summed E-state index contributed by atoms with van der Waals surface area (Å²) in [6, 6.07) is 16.4. The molecule has 0 saturated carbocycles. The molecule has 0 fully saturated rings. The zero-order valence-corrected chi connectivity index (χ0v) is 22.0. The highest BCUT2D eigenvalue weighted by Gasteiger charge is 2.21. The van der Waals surface area contributed by atoms with E-state index in [4.69, 9.17) is 9.72 Å². The Labute approximate surface area is 224 Å². The number of pyridine rings is 2. The molecule has 0 saturated heterocycles. The maximum absolute atomic E-state index is 15.3. The number of carbonyl (C=O) groups is 1. The maximum Gasteiger partial charge on any atom is 0.224 e. The van der Waals surface area contributed by atoms with Crippen molar-refractivity contribution < 1.29 is 18.3 Å². The zero-order chi connectivity index (χ0) is 27.7. The van der Waals surface area contributed by atoms with E-state index in [9.17, 15) is 9.18 Å². The molecule has 39 heavy (non-hydrogen) atoms. The third-order valence-electron chi connectivity index (χ3n) is 6.83. The van der Waals surface area contributed by atoms with E-state index in [1.165, 1.54) is 37.1 Å². The molecule has 5 rings (SSSR count). The number of aromatic nitrogens is 4. The Morgan fingerprint density at radius 1 is 1.03 bits per heavy atom. The number of hydrogen-bond donors (Lipinski definition) is 0.